The largest absolute Gasteiger partial charge is 0.444 e. The predicted octanol–water partition coefficient (Wildman–Crippen LogP) is 6.39. The van der Waals surface area contributed by atoms with E-state index in [0.29, 0.717) is 6.61 Å². The van der Waals surface area contributed by atoms with Crippen molar-refractivity contribution in [2.75, 3.05) is 13.2 Å². The lowest BCUT2D eigenvalue weighted by Crippen LogP contribution is -2.45. The molecule has 0 radical (unpaired) electrons. The Bertz CT molecular complexity index is 1280. The number of imidazole rings is 1. The normalized spacial score (nSPS) is 16.0. The Labute approximate surface area is 259 Å². The molecule has 4 atom stereocenters. The molecule has 0 unspecified atom stereocenters. The molecule has 0 aliphatic rings. The van der Waals surface area contributed by atoms with Crippen molar-refractivity contribution in [3.05, 3.63) is 29.3 Å². The quantitative estimate of drug-likeness (QED) is 0.121. The molecule has 0 aliphatic heterocycles. The molecule has 258 valence electrons. The number of carbonyl (C=O) groups excluding carboxylic acids is 1. The Kier molecular flexibility index (Phi) is 12.9. The van der Waals surface area contributed by atoms with Crippen LogP contribution < -0.4 is 16.4 Å². The summed E-state index contributed by atoms with van der Waals surface area (Å²) in [6.45, 7) is 12.5. The molecule has 1 amide bonds. The fraction of sp³-hybridized carbons (Fsp3) is 0.714. The molecule has 2 rings (SSSR count). The average molecular weight is 676 g/mol. The fourth-order valence-electron chi connectivity index (χ4n) is 4.04. The summed E-state index contributed by atoms with van der Waals surface area (Å²) in [4.78, 5) is 17.2. The molecule has 0 fully saturated rings. The van der Waals surface area contributed by atoms with Gasteiger partial charge in [-0.2, -0.15) is 26.3 Å². The van der Waals surface area contributed by atoms with E-state index in [1.807, 2.05) is 0 Å². The van der Waals surface area contributed by atoms with Crippen molar-refractivity contribution < 1.29 is 49.7 Å². The van der Waals surface area contributed by atoms with Gasteiger partial charge in [0.25, 0.3) is 0 Å². The summed E-state index contributed by atoms with van der Waals surface area (Å²) in [5.41, 5.74) is 4.08. The van der Waals surface area contributed by atoms with Gasteiger partial charge >= 0.3 is 18.4 Å². The maximum absolute atomic E-state index is 15.8. The van der Waals surface area contributed by atoms with Gasteiger partial charge in [0, 0.05) is 33.3 Å². The second kappa shape index (κ2) is 15.0. The van der Waals surface area contributed by atoms with E-state index in [-0.39, 0.29) is 35.7 Å². The van der Waals surface area contributed by atoms with Crippen LogP contribution in [0.2, 0.25) is 25.7 Å². The summed E-state index contributed by atoms with van der Waals surface area (Å²) >= 11 is 0. The Hall–Kier alpha value is -2.47. The third-order valence-electron chi connectivity index (χ3n) is 6.59. The maximum Gasteiger partial charge on any atom is 0.414 e. The van der Waals surface area contributed by atoms with Gasteiger partial charge in [-0.15, -0.1) is 0 Å². The van der Waals surface area contributed by atoms with Crippen molar-refractivity contribution in [2.45, 2.75) is 116 Å². The molecule has 17 heteroatoms. The SMILES string of the molecule is C[C@@H](O[C@H](C)C(F)(F)F)[C@H](NC(=O)OC(C)(C)C)c1nc2c(F)c(CNC[C@H](N)C(F)(F)F)ccc2n1COCC[Si](C)(C)C. The highest BCUT2D eigenvalue weighted by molar-refractivity contribution is 6.76. The number of rotatable bonds is 14. The van der Waals surface area contributed by atoms with Crippen molar-refractivity contribution in [3.8, 4) is 0 Å². The van der Waals surface area contributed by atoms with Gasteiger partial charge in [-0.05, 0) is 46.7 Å². The van der Waals surface area contributed by atoms with Crippen molar-refractivity contribution in [1.29, 1.82) is 0 Å². The maximum atomic E-state index is 15.8. The first-order valence-corrected chi connectivity index (χ1v) is 18.1. The Balaban J connectivity index is 2.59. The Morgan fingerprint density at radius 2 is 1.69 bits per heavy atom. The van der Waals surface area contributed by atoms with Crippen molar-refractivity contribution in [2.24, 2.45) is 5.73 Å². The molecule has 0 bridgehead atoms. The summed E-state index contributed by atoms with van der Waals surface area (Å²) in [7, 11) is -1.51. The number of alkyl halides is 6. The van der Waals surface area contributed by atoms with Crippen LogP contribution in [-0.2, 0) is 27.5 Å². The Morgan fingerprint density at radius 3 is 2.22 bits per heavy atom. The number of alkyl carbamates (subject to hydrolysis) is 1. The van der Waals surface area contributed by atoms with E-state index in [1.54, 1.807) is 20.8 Å². The van der Waals surface area contributed by atoms with E-state index in [4.69, 9.17) is 19.9 Å². The first kappa shape index (κ1) is 38.7. The summed E-state index contributed by atoms with van der Waals surface area (Å²) in [6.07, 6.45) is -13.9. The van der Waals surface area contributed by atoms with E-state index in [2.05, 4.69) is 35.3 Å². The monoisotopic (exact) mass is 675 g/mol. The molecule has 9 nitrogen and oxygen atoms in total. The number of halogens is 7. The molecular formula is C28H44F7N5O4Si. The topological polar surface area (TPSA) is 113 Å². The van der Waals surface area contributed by atoms with Crippen LogP contribution in [0.15, 0.2) is 12.1 Å². The van der Waals surface area contributed by atoms with Crippen LogP contribution in [0, 0.1) is 5.82 Å². The zero-order valence-corrected chi connectivity index (χ0v) is 27.8. The Morgan fingerprint density at radius 1 is 1.07 bits per heavy atom. The van der Waals surface area contributed by atoms with E-state index in [9.17, 15) is 31.1 Å². The molecule has 0 aliphatic carbocycles. The number of hydrogen-bond acceptors (Lipinski definition) is 7. The van der Waals surface area contributed by atoms with Gasteiger partial charge in [-0.3, -0.25) is 0 Å². The second-order valence-electron chi connectivity index (χ2n) is 13.1. The lowest BCUT2D eigenvalue weighted by molar-refractivity contribution is -0.227. The minimum absolute atomic E-state index is 0.0284. The highest BCUT2D eigenvalue weighted by Gasteiger charge is 2.41. The van der Waals surface area contributed by atoms with E-state index >= 15 is 4.39 Å². The lowest BCUT2D eigenvalue weighted by Gasteiger charge is -2.30. The number of amides is 1. The van der Waals surface area contributed by atoms with Gasteiger partial charge in [0.05, 0.1) is 11.6 Å². The van der Waals surface area contributed by atoms with Crippen LogP contribution in [0.4, 0.5) is 35.5 Å². The predicted molar refractivity (Wildman–Crippen MR) is 158 cm³/mol. The van der Waals surface area contributed by atoms with Crippen LogP contribution in [-0.4, -0.2) is 73.1 Å². The zero-order valence-electron chi connectivity index (χ0n) is 26.8. The van der Waals surface area contributed by atoms with Crippen molar-refractivity contribution >= 4 is 25.2 Å². The van der Waals surface area contributed by atoms with Crippen LogP contribution in [0.25, 0.3) is 11.0 Å². The minimum atomic E-state index is -4.71. The molecule has 45 heavy (non-hydrogen) atoms. The number of benzene rings is 1. The third-order valence-corrected chi connectivity index (χ3v) is 8.29. The highest BCUT2D eigenvalue weighted by atomic mass is 28.3. The highest BCUT2D eigenvalue weighted by Crippen LogP contribution is 2.31. The number of carbonyl (C=O) groups is 1. The second-order valence-corrected chi connectivity index (χ2v) is 18.7. The van der Waals surface area contributed by atoms with Gasteiger partial charge in [-0.25, -0.2) is 14.2 Å². The summed E-state index contributed by atoms with van der Waals surface area (Å²) in [5, 5.41) is 4.99. The van der Waals surface area contributed by atoms with E-state index < -0.39 is 68.8 Å². The van der Waals surface area contributed by atoms with Crippen molar-refractivity contribution in [3.63, 3.8) is 0 Å². The number of fused-ring (bicyclic) bond motifs is 1. The molecule has 4 N–H and O–H groups in total. The number of nitrogens with one attached hydrogen (secondary N) is 2. The first-order valence-electron chi connectivity index (χ1n) is 14.4. The summed E-state index contributed by atoms with van der Waals surface area (Å²) in [5.74, 6) is -0.954. The molecule has 2 aromatic rings. The molecule has 0 spiro atoms. The van der Waals surface area contributed by atoms with E-state index in [1.165, 1.54) is 23.6 Å². The molecule has 1 heterocycles. The number of nitrogens with zero attached hydrogens (tertiary/aromatic N) is 2. The minimum Gasteiger partial charge on any atom is -0.444 e. The molecule has 0 saturated heterocycles. The van der Waals surface area contributed by atoms with Crippen LogP contribution in [0.5, 0.6) is 0 Å². The zero-order chi connectivity index (χ0) is 34.5. The molecular weight excluding hydrogens is 631 g/mol. The number of ether oxygens (including phenoxy) is 3. The van der Waals surface area contributed by atoms with Crippen LogP contribution in [0.1, 0.15) is 52.0 Å². The van der Waals surface area contributed by atoms with Crippen LogP contribution >= 0.6 is 0 Å². The summed E-state index contributed by atoms with van der Waals surface area (Å²) in [6, 6.07) is 0.0512. The smallest absolute Gasteiger partial charge is 0.414 e. The molecule has 1 aromatic heterocycles. The lowest BCUT2D eigenvalue weighted by atomic mass is 10.1. The van der Waals surface area contributed by atoms with Gasteiger partial charge in [-0.1, -0.05) is 25.7 Å². The average Bonchev–Trinajstić information content (AvgIpc) is 3.22. The number of aromatic nitrogens is 2. The third kappa shape index (κ3) is 12.0. The summed E-state index contributed by atoms with van der Waals surface area (Å²) < 4.78 is 112. The van der Waals surface area contributed by atoms with Gasteiger partial charge in [0.2, 0.25) is 0 Å². The number of hydrogen-bond donors (Lipinski definition) is 3. The van der Waals surface area contributed by atoms with Gasteiger partial charge in [0.15, 0.2) is 11.9 Å². The van der Waals surface area contributed by atoms with Crippen molar-refractivity contribution in [1.82, 2.24) is 20.2 Å². The number of nitrogens with two attached hydrogens (primary N) is 1. The first-order chi connectivity index (χ1) is 20.4. The van der Waals surface area contributed by atoms with Gasteiger partial charge < -0.3 is 35.1 Å². The van der Waals surface area contributed by atoms with Gasteiger partial charge in [0.1, 0.15) is 35.8 Å². The van der Waals surface area contributed by atoms with Crippen LogP contribution in [0.3, 0.4) is 0 Å². The molecule has 1 aromatic carbocycles. The van der Waals surface area contributed by atoms with E-state index in [0.717, 1.165) is 13.0 Å². The molecule has 0 saturated carbocycles. The fourth-order valence-corrected chi connectivity index (χ4v) is 4.80. The standard InChI is InChI=1S/C28H44F7N5O4Si/c1-16(43-17(2)27(30,31)32)22(39-25(41)44-26(3,4)5)24-38-23-19(40(24)15-42-11-12-45(6,7)8)10-9-18(21(23)29)13-37-14-20(36)28(33,34)35/h9-10,16-17,20,22,37H,11-15,36H2,1-8H3,(H,39,41)/t16-,17-,20+,22+/m1/s1.